The molecule has 5 nitrogen and oxygen atoms in total. The Morgan fingerprint density at radius 1 is 1.19 bits per heavy atom. The summed E-state index contributed by atoms with van der Waals surface area (Å²) < 4.78 is 11.8. The third-order valence-electron chi connectivity index (χ3n) is 5.93. The Balaban J connectivity index is 1.96. The zero-order chi connectivity index (χ0) is 20.4. The molecule has 1 aliphatic heterocycles. The van der Waals surface area contributed by atoms with Crippen molar-refractivity contribution >= 4 is 20.2 Å². The van der Waals surface area contributed by atoms with Gasteiger partial charge in [0.25, 0.3) is 0 Å². The number of β-lactam (4-membered cyclic amide) rings is 1. The van der Waals surface area contributed by atoms with E-state index in [-0.39, 0.29) is 41.6 Å². The number of nitrogens with one attached hydrogen (secondary N) is 1. The molecule has 1 saturated heterocycles. The monoisotopic (exact) mass is 391 g/mol. The van der Waals surface area contributed by atoms with Crippen LogP contribution in [-0.4, -0.2) is 32.3 Å². The Morgan fingerprint density at radius 3 is 2.30 bits per heavy atom. The van der Waals surface area contributed by atoms with Crippen molar-refractivity contribution in [3.63, 3.8) is 0 Å². The summed E-state index contributed by atoms with van der Waals surface area (Å²) in [6.07, 6.45) is -0.228. The number of esters is 1. The standard InChI is InChI=1S/C21H33NO4Si/c1-14(20(24)25-13-16-11-9-8-10-12-16)18-17(19(23)22-18)15(2)26-27(6,7)21(3,4)5/h8-12,14-15,17-18H,13H2,1-7H3,(H,22,23)/t14?,15-,17?,18?/m1/s1. The normalized spacial score (nSPS) is 22.4. The molecule has 150 valence electrons. The Kier molecular flexibility index (Phi) is 6.53. The average Bonchev–Trinajstić information content (AvgIpc) is 2.56. The van der Waals surface area contributed by atoms with Crippen LogP contribution in [0.15, 0.2) is 30.3 Å². The van der Waals surface area contributed by atoms with Crippen LogP contribution in [0.2, 0.25) is 18.1 Å². The summed E-state index contributed by atoms with van der Waals surface area (Å²) in [7, 11) is -1.99. The quantitative estimate of drug-likeness (QED) is 0.435. The van der Waals surface area contributed by atoms with Crippen molar-refractivity contribution in [2.24, 2.45) is 11.8 Å². The summed E-state index contributed by atoms with van der Waals surface area (Å²) in [5, 5.41) is 2.94. The van der Waals surface area contributed by atoms with Crippen molar-refractivity contribution in [3.05, 3.63) is 35.9 Å². The van der Waals surface area contributed by atoms with Crippen molar-refractivity contribution in [3.8, 4) is 0 Å². The molecular weight excluding hydrogens is 358 g/mol. The van der Waals surface area contributed by atoms with Gasteiger partial charge in [-0.25, -0.2) is 0 Å². The lowest BCUT2D eigenvalue weighted by Gasteiger charge is -2.46. The molecule has 1 heterocycles. The third-order valence-corrected chi connectivity index (χ3v) is 10.5. The molecule has 0 radical (unpaired) electrons. The zero-order valence-corrected chi connectivity index (χ0v) is 18.5. The SMILES string of the molecule is CC(C(=O)OCc1ccccc1)C1NC(=O)C1[C@@H](C)O[Si](C)(C)C(C)(C)C. The number of carbonyl (C=O) groups excluding carboxylic acids is 2. The van der Waals surface area contributed by atoms with E-state index in [1.807, 2.05) is 44.2 Å². The molecule has 1 amide bonds. The van der Waals surface area contributed by atoms with E-state index in [0.717, 1.165) is 5.56 Å². The molecule has 1 fully saturated rings. The van der Waals surface area contributed by atoms with E-state index in [4.69, 9.17) is 9.16 Å². The second-order valence-electron chi connectivity index (χ2n) is 9.03. The molecule has 1 N–H and O–H groups in total. The maximum absolute atomic E-state index is 12.5. The molecular formula is C21H33NO4Si. The molecule has 1 aromatic carbocycles. The number of hydrogen-bond acceptors (Lipinski definition) is 4. The van der Waals surface area contributed by atoms with Crippen LogP contribution in [0.25, 0.3) is 0 Å². The minimum atomic E-state index is -1.99. The van der Waals surface area contributed by atoms with Crippen LogP contribution < -0.4 is 5.32 Å². The van der Waals surface area contributed by atoms with Gasteiger partial charge in [-0.05, 0) is 37.5 Å². The molecule has 27 heavy (non-hydrogen) atoms. The fourth-order valence-corrected chi connectivity index (χ4v) is 4.51. The molecule has 0 aliphatic carbocycles. The van der Waals surface area contributed by atoms with Crippen molar-refractivity contribution in [1.29, 1.82) is 0 Å². The van der Waals surface area contributed by atoms with E-state index in [0.29, 0.717) is 0 Å². The number of hydrogen-bond donors (Lipinski definition) is 1. The number of rotatable bonds is 7. The minimum Gasteiger partial charge on any atom is -0.461 e. The molecule has 2 rings (SSSR count). The molecule has 0 bridgehead atoms. The first-order valence-corrected chi connectivity index (χ1v) is 12.5. The van der Waals surface area contributed by atoms with Crippen LogP contribution in [0, 0.1) is 11.8 Å². The fraction of sp³-hybridized carbons (Fsp3) is 0.619. The summed E-state index contributed by atoms with van der Waals surface area (Å²) >= 11 is 0. The highest BCUT2D eigenvalue weighted by Gasteiger charge is 2.50. The maximum Gasteiger partial charge on any atom is 0.311 e. The van der Waals surface area contributed by atoms with Gasteiger partial charge in [-0.2, -0.15) is 0 Å². The summed E-state index contributed by atoms with van der Waals surface area (Å²) in [6, 6.07) is 9.33. The highest BCUT2D eigenvalue weighted by Crippen LogP contribution is 2.39. The van der Waals surface area contributed by atoms with Crippen molar-refractivity contribution in [2.75, 3.05) is 0 Å². The summed E-state index contributed by atoms with van der Waals surface area (Å²) in [5.41, 5.74) is 0.946. The molecule has 4 atom stereocenters. The smallest absolute Gasteiger partial charge is 0.311 e. The van der Waals surface area contributed by atoms with Crippen LogP contribution >= 0.6 is 0 Å². The van der Waals surface area contributed by atoms with Crippen molar-refractivity contribution in [2.45, 2.75) is 71.5 Å². The van der Waals surface area contributed by atoms with Gasteiger partial charge < -0.3 is 14.5 Å². The Labute approximate surface area is 164 Å². The molecule has 1 aromatic rings. The number of amides is 1. The van der Waals surface area contributed by atoms with Crippen LogP contribution in [0.3, 0.4) is 0 Å². The van der Waals surface area contributed by atoms with Crippen molar-refractivity contribution in [1.82, 2.24) is 5.32 Å². The van der Waals surface area contributed by atoms with Gasteiger partial charge in [-0.15, -0.1) is 0 Å². The van der Waals surface area contributed by atoms with E-state index < -0.39 is 14.2 Å². The van der Waals surface area contributed by atoms with Gasteiger partial charge in [0.05, 0.1) is 24.0 Å². The molecule has 0 spiro atoms. The Hall–Kier alpha value is -1.66. The lowest BCUT2D eigenvalue weighted by Crippen LogP contribution is -2.66. The molecule has 6 heteroatoms. The van der Waals surface area contributed by atoms with Gasteiger partial charge in [-0.3, -0.25) is 9.59 Å². The van der Waals surface area contributed by atoms with Gasteiger partial charge in [0, 0.05) is 0 Å². The molecule has 1 aliphatic rings. The first-order chi connectivity index (χ1) is 12.4. The topological polar surface area (TPSA) is 64.6 Å². The second kappa shape index (κ2) is 8.15. The van der Waals surface area contributed by atoms with E-state index in [2.05, 4.69) is 39.2 Å². The van der Waals surface area contributed by atoms with Crippen molar-refractivity contribution < 1.29 is 18.8 Å². The van der Waals surface area contributed by atoms with E-state index in [9.17, 15) is 9.59 Å². The largest absolute Gasteiger partial charge is 0.461 e. The second-order valence-corrected chi connectivity index (χ2v) is 13.8. The first kappa shape index (κ1) is 21.6. The first-order valence-electron chi connectivity index (χ1n) is 9.63. The van der Waals surface area contributed by atoms with Gasteiger partial charge in [0.1, 0.15) is 6.61 Å². The number of ether oxygens (including phenoxy) is 1. The van der Waals surface area contributed by atoms with Gasteiger partial charge in [-0.1, -0.05) is 51.1 Å². The highest BCUT2D eigenvalue weighted by molar-refractivity contribution is 6.74. The van der Waals surface area contributed by atoms with Gasteiger partial charge in [0.15, 0.2) is 8.32 Å². The lowest BCUT2D eigenvalue weighted by molar-refractivity contribution is -0.156. The summed E-state index contributed by atoms with van der Waals surface area (Å²) in [5.74, 6) is -1.08. The third kappa shape index (κ3) is 4.99. The fourth-order valence-electron chi connectivity index (χ4n) is 3.08. The Bertz CT molecular complexity index is 669. The van der Waals surface area contributed by atoms with E-state index >= 15 is 0 Å². The van der Waals surface area contributed by atoms with E-state index in [1.165, 1.54) is 0 Å². The minimum absolute atomic E-state index is 0.0473. The average molecular weight is 392 g/mol. The highest BCUT2D eigenvalue weighted by atomic mass is 28.4. The van der Waals surface area contributed by atoms with Gasteiger partial charge in [0.2, 0.25) is 5.91 Å². The van der Waals surface area contributed by atoms with Crippen LogP contribution in [0.5, 0.6) is 0 Å². The van der Waals surface area contributed by atoms with E-state index in [1.54, 1.807) is 0 Å². The van der Waals surface area contributed by atoms with Crippen LogP contribution in [0.1, 0.15) is 40.2 Å². The predicted octanol–water partition coefficient (Wildman–Crippen LogP) is 3.89. The van der Waals surface area contributed by atoms with Crippen LogP contribution in [0.4, 0.5) is 0 Å². The Morgan fingerprint density at radius 2 is 1.78 bits per heavy atom. The molecule has 3 unspecified atom stereocenters. The summed E-state index contributed by atoms with van der Waals surface area (Å²) in [4.78, 5) is 24.7. The number of benzene rings is 1. The zero-order valence-electron chi connectivity index (χ0n) is 17.5. The molecule has 0 saturated carbocycles. The predicted molar refractivity (Wildman–Crippen MR) is 109 cm³/mol. The summed E-state index contributed by atoms with van der Waals surface area (Å²) in [6.45, 7) is 14.9. The molecule has 0 aromatic heterocycles. The van der Waals surface area contributed by atoms with Crippen LogP contribution in [-0.2, 0) is 25.4 Å². The number of carbonyl (C=O) groups is 2. The lowest BCUT2D eigenvalue weighted by atomic mass is 9.79. The van der Waals surface area contributed by atoms with Gasteiger partial charge >= 0.3 is 5.97 Å². The maximum atomic E-state index is 12.5.